The molecule has 0 fully saturated rings. The summed E-state index contributed by atoms with van der Waals surface area (Å²) in [6, 6.07) is 0. The van der Waals surface area contributed by atoms with Gasteiger partial charge in [0, 0.05) is 6.42 Å². The van der Waals surface area contributed by atoms with E-state index >= 15 is 0 Å². The number of ketones is 1. The quantitative estimate of drug-likeness (QED) is 0.522. The van der Waals surface area contributed by atoms with Crippen LogP contribution < -0.4 is 0 Å². The van der Waals surface area contributed by atoms with Crippen LogP contribution in [0.5, 0.6) is 0 Å². The molecule has 1 radical (unpaired) electrons. The first-order chi connectivity index (χ1) is 5.31. The van der Waals surface area contributed by atoms with Crippen LogP contribution in [0.25, 0.3) is 0 Å². The molecule has 65 valence electrons. The summed E-state index contributed by atoms with van der Waals surface area (Å²) in [4.78, 5) is 10.5. The molecule has 0 aromatic rings. The standard InChI is InChI=1S/C9H17O2/c1-2-3-4-5-6-7-9(11)8-10/h2-8H2,1H3. The summed E-state index contributed by atoms with van der Waals surface area (Å²) >= 11 is 0. The Labute approximate surface area is 68.6 Å². The van der Waals surface area contributed by atoms with E-state index in [9.17, 15) is 9.90 Å². The zero-order valence-corrected chi connectivity index (χ0v) is 7.27. The average Bonchev–Trinajstić information content (AvgIpc) is 2.04. The van der Waals surface area contributed by atoms with Crippen LogP contribution in [0.3, 0.4) is 0 Å². The molecule has 0 spiro atoms. The summed E-state index contributed by atoms with van der Waals surface area (Å²) in [5.41, 5.74) is 0. The monoisotopic (exact) mass is 157 g/mol. The smallest absolute Gasteiger partial charge is 0.161 e. The highest BCUT2D eigenvalue weighted by molar-refractivity contribution is 5.79. The summed E-state index contributed by atoms with van der Waals surface area (Å²) in [5.74, 6) is -0.138. The Bertz CT molecular complexity index is 99.7. The summed E-state index contributed by atoms with van der Waals surface area (Å²) in [6.07, 6.45) is 6.15. The highest BCUT2D eigenvalue weighted by Crippen LogP contribution is 2.04. The van der Waals surface area contributed by atoms with Crippen molar-refractivity contribution in [2.75, 3.05) is 6.61 Å². The number of rotatable bonds is 7. The van der Waals surface area contributed by atoms with Crippen molar-refractivity contribution < 1.29 is 9.90 Å². The SMILES string of the molecule is CCCCCCCC(=O)C[O]. The predicted octanol–water partition coefficient (Wildman–Crippen LogP) is 2.35. The molecule has 0 aliphatic rings. The van der Waals surface area contributed by atoms with E-state index in [2.05, 4.69) is 6.92 Å². The summed E-state index contributed by atoms with van der Waals surface area (Å²) in [7, 11) is 0. The zero-order chi connectivity index (χ0) is 8.53. The van der Waals surface area contributed by atoms with E-state index in [0.717, 1.165) is 12.8 Å². The highest BCUT2D eigenvalue weighted by Gasteiger charge is 1.98. The maximum absolute atomic E-state index is 10.5. The second-order valence-electron chi connectivity index (χ2n) is 2.85. The lowest BCUT2D eigenvalue weighted by atomic mass is 10.1. The second-order valence-corrected chi connectivity index (χ2v) is 2.85. The van der Waals surface area contributed by atoms with Gasteiger partial charge in [0.2, 0.25) is 0 Å². The molecule has 0 N–H and O–H groups in total. The largest absolute Gasteiger partial charge is 0.297 e. The van der Waals surface area contributed by atoms with Crippen molar-refractivity contribution in [2.24, 2.45) is 0 Å². The Hall–Kier alpha value is -0.370. The van der Waals surface area contributed by atoms with Gasteiger partial charge in [-0.25, -0.2) is 5.11 Å². The first-order valence-electron chi connectivity index (χ1n) is 4.41. The van der Waals surface area contributed by atoms with Crippen molar-refractivity contribution in [1.82, 2.24) is 0 Å². The molecule has 2 heteroatoms. The van der Waals surface area contributed by atoms with E-state index < -0.39 is 6.61 Å². The fourth-order valence-electron chi connectivity index (χ4n) is 0.998. The molecule has 0 saturated carbocycles. The van der Waals surface area contributed by atoms with Gasteiger partial charge in [0.1, 0.15) is 6.61 Å². The van der Waals surface area contributed by atoms with Gasteiger partial charge < -0.3 is 0 Å². The van der Waals surface area contributed by atoms with E-state index in [4.69, 9.17) is 0 Å². The lowest BCUT2D eigenvalue weighted by Gasteiger charge is -1.96. The van der Waals surface area contributed by atoms with Crippen molar-refractivity contribution in [3.8, 4) is 0 Å². The third-order valence-electron chi connectivity index (χ3n) is 1.72. The molecule has 0 saturated heterocycles. The van der Waals surface area contributed by atoms with Gasteiger partial charge in [-0.3, -0.25) is 4.79 Å². The molecule has 0 aromatic heterocycles. The molecule has 0 amide bonds. The van der Waals surface area contributed by atoms with Gasteiger partial charge in [0.15, 0.2) is 5.78 Å². The number of hydrogen-bond acceptors (Lipinski definition) is 1. The maximum atomic E-state index is 10.5. The first kappa shape index (κ1) is 10.6. The number of unbranched alkanes of at least 4 members (excludes halogenated alkanes) is 4. The number of Topliss-reactive ketones (excluding diaryl/α,β-unsaturated/α-hetero) is 1. The van der Waals surface area contributed by atoms with Gasteiger partial charge in [0.05, 0.1) is 0 Å². The minimum atomic E-state index is -0.534. The number of carbonyl (C=O) groups excluding carboxylic acids is 1. The predicted molar refractivity (Wildman–Crippen MR) is 43.9 cm³/mol. The van der Waals surface area contributed by atoms with Crippen LogP contribution in [0.2, 0.25) is 0 Å². The van der Waals surface area contributed by atoms with E-state index in [1.165, 1.54) is 19.3 Å². The first-order valence-corrected chi connectivity index (χ1v) is 4.41. The lowest BCUT2D eigenvalue weighted by molar-refractivity contribution is -0.123. The molecule has 0 aliphatic carbocycles. The van der Waals surface area contributed by atoms with Crippen LogP contribution in [0.4, 0.5) is 0 Å². The van der Waals surface area contributed by atoms with Crippen LogP contribution in [0, 0.1) is 0 Å². The van der Waals surface area contributed by atoms with Gasteiger partial charge in [-0.15, -0.1) is 0 Å². The number of hydrogen-bond donors (Lipinski definition) is 0. The van der Waals surface area contributed by atoms with Crippen molar-refractivity contribution >= 4 is 5.78 Å². The summed E-state index contributed by atoms with van der Waals surface area (Å²) in [6.45, 7) is 1.62. The Balaban J connectivity index is 2.95. The summed E-state index contributed by atoms with van der Waals surface area (Å²) < 4.78 is 0. The Morgan fingerprint density at radius 3 is 2.27 bits per heavy atom. The zero-order valence-electron chi connectivity index (χ0n) is 7.27. The number of carbonyl (C=O) groups is 1. The fraction of sp³-hybridized carbons (Fsp3) is 0.889. The van der Waals surface area contributed by atoms with Crippen molar-refractivity contribution in [3.63, 3.8) is 0 Å². The molecule has 0 rings (SSSR count). The minimum absolute atomic E-state index is 0.138. The van der Waals surface area contributed by atoms with E-state index in [-0.39, 0.29) is 5.78 Å². The molecule has 11 heavy (non-hydrogen) atoms. The van der Waals surface area contributed by atoms with Crippen molar-refractivity contribution in [2.45, 2.75) is 45.4 Å². The van der Waals surface area contributed by atoms with Crippen molar-refractivity contribution in [3.05, 3.63) is 0 Å². The van der Waals surface area contributed by atoms with E-state index in [1.807, 2.05) is 0 Å². The van der Waals surface area contributed by atoms with E-state index in [1.54, 1.807) is 0 Å². The average molecular weight is 157 g/mol. The second kappa shape index (κ2) is 7.73. The van der Waals surface area contributed by atoms with Crippen LogP contribution in [-0.4, -0.2) is 12.4 Å². The van der Waals surface area contributed by atoms with Crippen LogP contribution in [-0.2, 0) is 9.90 Å². The topological polar surface area (TPSA) is 37.0 Å². The molecule has 0 unspecified atom stereocenters. The normalized spacial score (nSPS) is 10.0. The van der Waals surface area contributed by atoms with Crippen LogP contribution in [0.15, 0.2) is 0 Å². The Morgan fingerprint density at radius 2 is 1.73 bits per heavy atom. The van der Waals surface area contributed by atoms with Gasteiger partial charge in [-0.05, 0) is 6.42 Å². The van der Waals surface area contributed by atoms with Crippen molar-refractivity contribution in [1.29, 1.82) is 0 Å². The maximum Gasteiger partial charge on any atom is 0.161 e. The van der Waals surface area contributed by atoms with Crippen LogP contribution in [0.1, 0.15) is 45.4 Å². The Kier molecular flexibility index (Phi) is 7.47. The van der Waals surface area contributed by atoms with E-state index in [0.29, 0.717) is 6.42 Å². The minimum Gasteiger partial charge on any atom is -0.297 e. The van der Waals surface area contributed by atoms with Gasteiger partial charge >= 0.3 is 0 Å². The van der Waals surface area contributed by atoms with Gasteiger partial charge in [-0.2, -0.15) is 0 Å². The van der Waals surface area contributed by atoms with Gasteiger partial charge in [0.25, 0.3) is 0 Å². The van der Waals surface area contributed by atoms with Crippen LogP contribution >= 0.6 is 0 Å². The molecule has 0 heterocycles. The fourth-order valence-corrected chi connectivity index (χ4v) is 0.998. The summed E-state index contributed by atoms with van der Waals surface area (Å²) in [5, 5.41) is 10.0. The third-order valence-corrected chi connectivity index (χ3v) is 1.72. The molecular weight excluding hydrogens is 140 g/mol. The molecule has 0 aromatic carbocycles. The third kappa shape index (κ3) is 7.53. The molecule has 0 atom stereocenters. The molecular formula is C9H17O2. The van der Waals surface area contributed by atoms with Gasteiger partial charge in [-0.1, -0.05) is 32.6 Å². The Morgan fingerprint density at radius 1 is 1.09 bits per heavy atom. The molecule has 2 nitrogen and oxygen atoms in total. The molecule has 0 bridgehead atoms. The lowest BCUT2D eigenvalue weighted by Crippen LogP contribution is -2.01. The molecule has 0 aliphatic heterocycles. The highest BCUT2D eigenvalue weighted by atomic mass is 16.3.